The normalized spacial score (nSPS) is 13.6. The lowest BCUT2D eigenvalue weighted by atomic mass is 10.1. The number of nitrogen functional groups attached to an aromatic ring is 1. The zero-order chi connectivity index (χ0) is 22.2. The summed E-state index contributed by atoms with van der Waals surface area (Å²) in [6, 6.07) is 13.2. The summed E-state index contributed by atoms with van der Waals surface area (Å²) >= 11 is 0. The summed E-state index contributed by atoms with van der Waals surface area (Å²) in [5.74, 6) is 1.44. The number of carbonyl (C=O) groups is 1. The third-order valence-electron chi connectivity index (χ3n) is 5.77. The van der Waals surface area contributed by atoms with E-state index in [-0.39, 0.29) is 24.1 Å². The van der Waals surface area contributed by atoms with Crippen molar-refractivity contribution in [3.63, 3.8) is 0 Å². The molecule has 1 atom stereocenters. The second-order valence-electron chi connectivity index (χ2n) is 8.03. The van der Waals surface area contributed by atoms with E-state index >= 15 is 0 Å². The number of anilines is 1. The van der Waals surface area contributed by atoms with Crippen LogP contribution in [0.25, 0.3) is 22.2 Å². The fraction of sp³-hybridized carbons (Fsp3) is 0.292. The number of carbonyl (C=O) groups excluding carboxylic acids is 1. The largest absolute Gasteiger partial charge is 0.462 e. The Balaban J connectivity index is 1.62. The molecule has 2 aromatic heterocycles. The van der Waals surface area contributed by atoms with Crippen LogP contribution in [0, 0.1) is 5.92 Å². The van der Waals surface area contributed by atoms with Crippen molar-refractivity contribution in [2.75, 3.05) is 19.1 Å². The summed E-state index contributed by atoms with van der Waals surface area (Å²) in [4.78, 5) is 22.5. The number of ether oxygens (including phenoxy) is 3. The van der Waals surface area contributed by atoms with Crippen LogP contribution in [-0.2, 0) is 11.3 Å². The zero-order valence-electron chi connectivity index (χ0n) is 18.0. The van der Waals surface area contributed by atoms with Crippen molar-refractivity contribution < 1.29 is 19.0 Å². The number of esters is 1. The lowest BCUT2D eigenvalue weighted by Gasteiger charge is -2.10. The fourth-order valence-electron chi connectivity index (χ4n) is 3.71. The van der Waals surface area contributed by atoms with Gasteiger partial charge in [-0.15, -0.1) is 0 Å². The molecule has 2 aromatic carbocycles. The van der Waals surface area contributed by atoms with Gasteiger partial charge in [0.05, 0.1) is 24.2 Å². The number of nitrogens with zero attached hydrogens (tertiary/aromatic N) is 3. The predicted molar refractivity (Wildman–Crippen MR) is 121 cm³/mol. The molecule has 1 aliphatic heterocycles. The fourth-order valence-corrected chi connectivity index (χ4v) is 3.71. The van der Waals surface area contributed by atoms with Crippen molar-refractivity contribution in [2.24, 2.45) is 5.92 Å². The summed E-state index contributed by atoms with van der Waals surface area (Å²) in [5, 5.41) is 0. The van der Waals surface area contributed by atoms with E-state index in [1.54, 1.807) is 4.57 Å². The molecule has 0 radical (unpaired) electrons. The maximum atomic E-state index is 13.0. The van der Waals surface area contributed by atoms with Gasteiger partial charge in [0.15, 0.2) is 17.1 Å². The minimum absolute atomic E-state index is 0.205. The number of fused-ring (bicyclic) bond motifs is 3. The van der Waals surface area contributed by atoms with Gasteiger partial charge in [0.1, 0.15) is 16.9 Å². The van der Waals surface area contributed by atoms with Gasteiger partial charge in [0.2, 0.25) is 6.79 Å². The molecule has 1 aliphatic rings. The number of rotatable bonds is 6. The summed E-state index contributed by atoms with van der Waals surface area (Å²) in [5.41, 5.74) is 10.1. The van der Waals surface area contributed by atoms with Crippen LogP contribution in [0.4, 0.5) is 5.82 Å². The molecule has 8 nitrogen and oxygen atoms in total. The second-order valence-corrected chi connectivity index (χ2v) is 8.03. The van der Waals surface area contributed by atoms with E-state index in [1.807, 2.05) is 49.4 Å². The monoisotopic (exact) mass is 432 g/mol. The lowest BCUT2D eigenvalue weighted by Crippen LogP contribution is -2.14. The molecule has 0 spiro atoms. The lowest BCUT2D eigenvalue weighted by molar-refractivity contribution is 0.0450. The molecular formula is C24H24N4O4. The molecule has 164 valence electrons. The molecule has 0 amide bonds. The smallest absolute Gasteiger partial charge is 0.344 e. The van der Waals surface area contributed by atoms with Crippen molar-refractivity contribution in [1.29, 1.82) is 0 Å². The molecule has 8 heteroatoms. The van der Waals surface area contributed by atoms with E-state index in [9.17, 15) is 4.79 Å². The van der Waals surface area contributed by atoms with E-state index in [4.69, 9.17) is 29.9 Å². The molecule has 0 bridgehead atoms. The van der Waals surface area contributed by atoms with Crippen molar-refractivity contribution in [3.05, 3.63) is 53.6 Å². The highest BCUT2D eigenvalue weighted by Gasteiger charge is 2.26. The van der Waals surface area contributed by atoms with Gasteiger partial charge in [-0.1, -0.05) is 38.5 Å². The average molecular weight is 432 g/mol. The Bertz CT molecular complexity index is 1330. The van der Waals surface area contributed by atoms with E-state index in [1.165, 1.54) is 0 Å². The van der Waals surface area contributed by atoms with Crippen molar-refractivity contribution >= 4 is 34.0 Å². The van der Waals surface area contributed by atoms with Gasteiger partial charge in [-0.25, -0.2) is 14.8 Å². The first kappa shape index (κ1) is 20.1. The van der Waals surface area contributed by atoms with Crippen LogP contribution in [0.1, 0.15) is 36.2 Å². The molecule has 32 heavy (non-hydrogen) atoms. The number of benzene rings is 2. The summed E-state index contributed by atoms with van der Waals surface area (Å²) in [6.45, 7) is 5.01. The van der Waals surface area contributed by atoms with Crippen LogP contribution >= 0.6 is 0 Å². The Hall–Kier alpha value is -3.81. The van der Waals surface area contributed by atoms with Crippen molar-refractivity contribution in [1.82, 2.24) is 14.5 Å². The van der Waals surface area contributed by atoms with E-state index in [0.29, 0.717) is 41.3 Å². The first-order valence-electron chi connectivity index (χ1n) is 10.6. The van der Waals surface area contributed by atoms with Crippen LogP contribution < -0.4 is 15.2 Å². The van der Waals surface area contributed by atoms with Crippen LogP contribution in [0.5, 0.6) is 11.5 Å². The minimum Gasteiger partial charge on any atom is -0.462 e. The van der Waals surface area contributed by atoms with Gasteiger partial charge in [-0.05, 0) is 35.7 Å². The van der Waals surface area contributed by atoms with Gasteiger partial charge in [0.25, 0.3) is 0 Å². The third-order valence-corrected chi connectivity index (χ3v) is 5.77. The number of aromatic nitrogens is 3. The minimum atomic E-state index is -0.484. The van der Waals surface area contributed by atoms with E-state index in [2.05, 4.69) is 6.92 Å². The molecule has 2 N–H and O–H groups in total. The first-order valence-corrected chi connectivity index (χ1v) is 10.6. The quantitative estimate of drug-likeness (QED) is 0.457. The van der Waals surface area contributed by atoms with Gasteiger partial charge < -0.3 is 24.5 Å². The Kier molecular flexibility index (Phi) is 5.05. The van der Waals surface area contributed by atoms with E-state index in [0.717, 1.165) is 17.5 Å². The number of hydrogen-bond acceptors (Lipinski definition) is 7. The number of nitrogens with two attached hydrogens (primary N) is 1. The van der Waals surface area contributed by atoms with Crippen LogP contribution in [0.15, 0.2) is 42.5 Å². The highest BCUT2D eigenvalue weighted by atomic mass is 16.7. The van der Waals surface area contributed by atoms with Gasteiger partial charge in [-0.3, -0.25) is 0 Å². The highest BCUT2D eigenvalue weighted by molar-refractivity contribution is 6.08. The second kappa shape index (κ2) is 8.03. The number of para-hydroxylation sites is 2. The standard InChI is InChI=1S/C24H24N4O4/c1-3-14(2)12-30-24(29)20-21-23(27-17-7-5-4-6-16(17)26-21)28(22(20)25)11-15-8-9-18-19(10-15)32-13-31-18/h4-10,14H,3,11-13,25H2,1-2H3/t14-/m0/s1. The molecule has 0 unspecified atom stereocenters. The van der Waals surface area contributed by atoms with Crippen LogP contribution in [0.2, 0.25) is 0 Å². The Morgan fingerprint density at radius 3 is 2.69 bits per heavy atom. The Morgan fingerprint density at radius 1 is 1.16 bits per heavy atom. The SMILES string of the molecule is CC[C@H](C)COC(=O)c1c(N)n(Cc2ccc3c(c2)OCO3)c2nc3ccccc3nc12. The maximum Gasteiger partial charge on any atom is 0.344 e. The van der Waals surface area contributed by atoms with Crippen molar-refractivity contribution in [2.45, 2.75) is 26.8 Å². The maximum absolute atomic E-state index is 13.0. The van der Waals surface area contributed by atoms with Gasteiger partial charge in [-0.2, -0.15) is 0 Å². The molecule has 0 aliphatic carbocycles. The number of hydrogen-bond donors (Lipinski definition) is 1. The Morgan fingerprint density at radius 2 is 1.91 bits per heavy atom. The van der Waals surface area contributed by atoms with Gasteiger partial charge in [0, 0.05) is 0 Å². The molecule has 0 fully saturated rings. The first-order chi connectivity index (χ1) is 15.5. The van der Waals surface area contributed by atoms with Crippen LogP contribution in [0.3, 0.4) is 0 Å². The van der Waals surface area contributed by atoms with E-state index < -0.39 is 5.97 Å². The zero-order valence-corrected chi connectivity index (χ0v) is 18.0. The summed E-state index contributed by atoms with van der Waals surface area (Å²) in [6.07, 6.45) is 0.916. The Labute approximate surface area is 184 Å². The molecule has 0 saturated carbocycles. The molecule has 5 rings (SSSR count). The van der Waals surface area contributed by atoms with Crippen molar-refractivity contribution in [3.8, 4) is 11.5 Å². The van der Waals surface area contributed by atoms with Gasteiger partial charge >= 0.3 is 5.97 Å². The third kappa shape index (κ3) is 3.47. The highest BCUT2D eigenvalue weighted by Crippen LogP contribution is 2.34. The summed E-state index contributed by atoms with van der Waals surface area (Å²) in [7, 11) is 0. The molecule has 4 aromatic rings. The molecule has 3 heterocycles. The average Bonchev–Trinajstić information content (AvgIpc) is 3.38. The molecule has 0 saturated heterocycles. The summed E-state index contributed by atoms with van der Waals surface area (Å²) < 4.78 is 18.3. The molecular weight excluding hydrogens is 408 g/mol. The predicted octanol–water partition coefficient (Wildman–Crippen LogP) is 4.15. The van der Waals surface area contributed by atoms with Crippen LogP contribution in [-0.4, -0.2) is 33.9 Å². The topological polar surface area (TPSA) is 101 Å².